The number of hydrogen-bond acceptors (Lipinski definition) is 5. The molecule has 0 saturated carbocycles. The predicted molar refractivity (Wildman–Crippen MR) is 116 cm³/mol. The number of hydrogen-bond donors (Lipinski definition) is 1. The van der Waals surface area contributed by atoms with E-state index < -0.39 is 17.1 Å². The fourth-order valence-electron chi connectivity index (χ4n) is 3.84. The Balaban J connectivity index is 1.81. The largest absolute Gasteiger partial charge is 0.494 e. The number of nitrogens with zero attached hydrogens (tertiary/aromatic N) is 5. The van der Waals surface area contributed by atoms with Crippen molar-refractivity contribution in [1.29, 1.82) is 0 Å². The molecule has 5 rings (SSSR count). The van der Waals surface area contributed by atoms with Gasteiger partial charge in [-0.2, -0.15) is 0 Å². The maximum Gasteiger partial charge on any atom is 0.329 e. The molecule has 0 saturated heterocycles. The molecule has 0 aliphatic rings. The van der Waals surface area contributed by atoms with E-state index in [1.807, 2.05) is 31.2 Å². The summed E-state index contributed by atoms with van der Waals surface area (Å²) in [6.07, 6.45) is 0. The number of aryl methyl sites for hydroxylation is 1. The van der Waals surface area contributed by atoms with Crippen LogP contribution in [0, 0.1) is 5.82 Å². The fourth-order valence-corrected chi connectivity index (χ4v) is 3.84. The van der Waals surface area contributed by atoms with Gasteiger partial charge in [0.2, 0.25) is 5.78 Å². The van der Waals surface area contributed by atoms with E-state index >= 15 is 0 Å². The Morgan fingerprint density at radius 3 is 2.53 bits per heavy atom. The molecule has 10 heteroatoms. The molecule has 0 radical (unpaired) electrons. The van der Waals surface area contributed by atoms with Crippen LogP contribution in [-0.4, -0.2) is 35.3 Å². The second-order valence-corrected chi connectivity index (χ2v) is 7.28. The molecule has 162 valence electrons. The zero-order chi connectivity index (χ0) is 22.4. The van der Waals surface area contributed by atoms with Crippen LogP contribution in [0.25, 0.3) is 28.3 Å². The van der Waals surface area contributed by atoms with E-state index in [4.69, 9.17) is 4.74 Å². The molecular formula is C22H19FN6O3. The van der Waals surface area contributed by atoms with Crippen molar-refractivity contribution in [2.24, 2.45) is 7.05 Å². The number of fused-ring (bicyclic) bond motifs is 3. The number of halogens is 1. The normalized spacial score (nSPS) is 11.5. The minimum Gasteiger partial charge on any atom is -0.494 e. The number of benzene rings is 2. The van der Waals surface area contributed by atoms with Gasteiger partial charge in [0.05, 0.1) is 13.2 Å². The Hall–Kier alpha value is -4.21. The highest BCUT2D eigenvalue weighted by atomic mass is 19.1. The number of aromatic nitrogens is 6. The zero-order valence-corrected chi connectivity index (χ0v) is 17.4. The molecule has 0 amide bonds. The summed E-state index contributed by atoms with van der Waals surface area (Å²) in [5, 5.41) is 8.59. The minimum absolute atomic E-state index is 0.0440. The van der Waals surface area contributed by atoms with Crippen LogP contribution in [0.3, 0.4) is 0 Å². The summed E-state index contributed by atoms with van der Waals surface area (Å²) in [6.45, 7) is 2.49. The summed E-state index contributed by atoms with van der Waals surface area (Å²) in [4.78, 5) is 27.5. The molecule has 0 aliphatic heterocycles. The highest BCUT2D eigenvalue weighted by molar-refractivity contribution is 5.80. The number of nitrogens with one attached hydrogen (secondary N) is 1. The third-order valence-corrected chi connectivity index (χ3v) is 5.35. The summed E-state index contributed by atoms with van der Waals surface area (Å²) < 4.78 is 24.4. The van der Waals surface area contributed by atoms with Gasteiger partial charge in [-0.3, -0.25) is 18.9 Å². The minimum atomic E-state index is -0.581. The average molecular weight is 434 g/mol. The summed E-state index contributed by atoms with van der Waals surface area (Å²) in [5.41, 5.74) is 0.470. The number of H-pyrrole nitrogens is 1. The zero-order valence-electron chi connectivity index (χ0n) is 17.4. The van der Waals surface area contributed by atoms with Gasteiger partial charge in [-0.05, 0) is 37.3 Å². The maximum atomic E-state index is 14.4. The SMILES string of the molecule is CCOc1ccc(-c2nnc3n(Cc4ccccc4F)c4c(=O)[nH]c(=O)n(C)c4n23)cc1. The van der Waals surface area contributed by atoms with E-state index in [-0.39, 0.29) is 12.1 Å². The van der Waals surface area contributed by atoms with Crippen LogP contribution in [-0.2, 0) is 13.6 Å². The van der Waals surface area contributed by atoms with Crippen LogP contribution in [0.4, 0.5) is 4.39 Å². The van der Waals surface area contributed by atoms with E-state index in [9.17, 15) is 14.0 Å². The maximum absolute atomic E-state index is 14.4. The van der Waals surface area contributed by atoms with Gasteiger partial charge in [0, 0.05) is 18.2 Å². The number of aromatic amines is 1. The number of imidazole rings is 1. The molecule has 0 fully saturated rings. The van der Waals surface area contributed by atoms with Gasteiger partial charge < -0.3 is 4.74 Å². The molecule has 1 N–H and O–H groups in total. The lowest BCUT2D eigenvalue weighted by atomic mass is 10.2. The molecule has 0 aliphatic carbocycles. The Kier molecular flexibility index (Phi) is 4.62. The monoisotopic (exact) mass is 434 g/mol. The molecule has 0 unspecified atom stereocenters. The molecule has 0 atom stereocenters. The van der Waals surface area contributed by atoms with E-state index in [0.717, 1.165) is 5.56 Å². The van der Waals surface area contributed by atoms with Crippen molar-refractivity contribution in [1.82, 2.24) is 28.7 Å². The van der Waals surface area contributed by atoms with Gasteiger partial charge in [0.25, 0.3) is 5.56 Å². The van der Waals surface area contributed by atoms with E-state index in [0.29, 0.717) is 35.2 Å². The van der Waals surface area contributed by atoms with Crippen molar-refractivity contribution in [3.8, 4) is 17.1 Å². The smallest absolute Gasteiger partial charge is 0.329 e. The molecule has 0 spiro atoms. The van der Waals surface area contributed by atoms with Crippen LogP contribution in [0.5, 0.6) is 5.75 Å². The third kappa shape index (κ3) is 2.99. The molecule has 2 aromatic carbocycles. The van der Waals surface area contributed by atoms with E-state index in [2.05, 4.69) is 15.2 Å². The van der Waals surface area contributed by atoms with Crippen molar-refractivity contribution in [2.75, 3.05) is 6.61 Å². The average Bonchev–Trinajstić information content (AvgIpc) is 3.34. The lowest BCUT2D eigenvalue weighted by Crippen LogP contribution is -2.29. The number of rotatable bonds is 5. The highest BCUT2D eigenvalue weighted by Crippen LogP contribution is 2.26. The van der Waals surface area contributed by atoms with Crippen molar-refractivity contribution in [3.63, 3.8) is 0 Å². The molecule has 9 nitrogen and oxygen atoms in total. The van der Waals surface area contributed by atoms with Crippen LogP contribution in [0.2, 0.25) is 0 Å². The first-order valence-electron chi connectivity index (χ1n) is 10.0. The molecule has 0 bridgehead atoms. The second-order valence-electron chi connectivity index (χ2n) is 7.28. The van der Waals surface area contributed by atoms with Crippen LogP contribution >= 0.6 is 0 Å². The van der Waals surface area contributed by atoms with Gasteiger partial charge in [-0.15, -0.1) is 10.2 Å². The van der Waals surface area contributed by atoms with Crippen LogP contribution in [0.15, 0.2) is 58.1 Å². The Morgan fingerprint density at radius 1 is 1.06 bits per heavy atom. The van der Waals surface area contributed by atoms with Gasteiger partial charge in [-0.25, -0.2) is 13.6 Å². The summed E-state index contributed by atoms with van der Waals surface area (Å²) in [6, 6.07) is 13.6. The van der Waals surface area contributed by atoms with Gasteiger partial charge >= 0.3 is 5.69 Å². The molecule has 32 heavy (non-hydrogen) atoms. The lowest BCUT2D eigenvalue weighted by Gasteiger charge is -2.06. The third-order valence-electron chi connectivity index (χ3n) is 5.35. The van der Waals surface area contributed by atoms with Gasteiger partial charge in [0.15, 0.2) is 17.0 Å². The summed E-state index contributed by atoms with van der Waals surface area (Å²) in [5.74, 6) is 1.07. The topological polar surface area (TPSA) is 99.2 Å². The fraction of sp³-hybridized carbons (Fsp3) is 0.182. The first-order valence-corrected chi connectivity index (χ1v) is 10.0. The summed E-state index contributed by atoms with van der Waals surface area (Å²) in [7, 11) is 1.55. The molecule has 5 aromatic rings. The Bertz CT molecular complexity index is 1580. The van der Waals surface area contributed by atoms with Crippen LogP contribution in [0.1, 0.15) is 12.5 Å². The Morgan fingerprint density at radius 2 is 1.81 bits per heavy atom. The van der Waals surface area contributed by atoms with Gasteiger partial charge in [-0.1, -0.05) is 18.2 Å². The summed E-state index contributed by atoms with van der Waals surface area (Å²) >= 11 is 0. The van der Waals surface area contributed by atoms with Crippen molar-refractivity contribution in [2.45, 2.75) is 13.5 Å². The van der Waals surface area contributed by atoms with Gasteiger partial charge in [0.1, 0.15) is 11.6 Å². The first-order chi connectivity index (χ1) is 15.5. The van der Waals surface area contributed by atoms with Crippen LogP contribution < -0.4 is 16.0 Å². The first kappa shape index (κ1) is 19.7. The molecule has 3 aromatic heterocycles. The highest BCUT2D eigenvalue weighted by Gasteiger charge is 2.23. The van der Waals surface area contributed by atoms with E-state index in [1.165, 1.54) is 10.6 Å². The molecular weight excluding hydrogens is 415 g/mol. The van der Waals surface area contributed by atoms with E-state index in [1.54, 1.807) is 34.2 Å². The molecule has 3 heterocycles. The van der Waals surface area contributed by atoms with Crippen molar-refractivity contribution in [3.05, 3.63) is 80.7 Å². The number of ether oxygens (including phenoxy) is 1. The lowest BCUT2D eigenvalue weighted by molar-refractivity contribution is 0.340. The standard InChI is InChI=1S/C22H19FN6O3/c1-3-32-15-10-8-13(9-11-15)18-25-26-21-28(12-14-6-4-5-7-16(14)23)17-19(30)24-22(31)27(2)20(17)29(18)21/h4-11H,3,12H2,1-2H3,(H,24,30,31). The quantitative estimate of drug-likeness (QED) is 0.458. The second kappa shape index (κ2) is 7.49. The Labute approximate surface area is 180 Å². The predicted octanol–water partition coefficient (Wildman–Crippen LogP) is 2.32. The van der Waals surface area contributed by atoms with Crippen molar-refractivity contribution < 1.29 is 9.13 Å². The van der Waals surface area contributed by atoms with Crippen molar-refractivity contribution >= 4 is 16.9 Å².